The number of nitrogens with one attached hydrogen (secondary N) is 1. The molecule has 0 saturated heterocycles. The number of carbonyl (C=O) groups excluding carboxylic acids is 1. The van der Waals surface area contributed by atoms with Crippen molar-refractivity contribution in [2.75, 3.05) is 18.5 Å². The predicted octanol–water partition coefficient (Wildman–Crippen LogP) is 1.66. The highest BCUT2D eigenvalue weighted by atomic mass is 32.2. The van der Waals surface area contributed by atoms with Gasteiger partial charge in [0.05, 0.1) is 5.75 Å². The maximum absolute atomic E-state index is 11.2. The summed E-state index contributed by atoms with van der Waals surface area (Å²) in [5, 5.41) is 4.56. The lowest BCUT2D eigenvalue weighted by Crippen LogP contribution is -2.19. The zero-order chi connectivity index (χ0) is 12.3. The molecule has 0 radical (unpaired) electrons. The number of hydrogen-bond donors (Lipinski definition) is 2. The Balaban J connectivity index is 2.35. The topological polar surface area (TPSA) is 68.0 Å². The number of aromatic nitrogens is 1. The predicted molar refractivity (Wildman–Crippen MR) is 70.9 cm³/mol. The van der Waals surface area contributed by atoms with Crippen molar-refractivity contribution >= 4 is 34.1 Å². The van der Waals surface area contributed by atoms with E-state index in [0.29, 0.717) is 5.75 Å². The molecule has 0 aliphatic heterocycles. The highest BCUT2D eigenvalue weighted by Gasteiger charge is 2.06. The van der Waals surface area contributed by atoms with Crippen LogP contribution in [0.5, 0.6) is 0 Å². The Bertz CT molecular complexity index is 556. The van der Waals surface area contributed by atoms with Crippen molar-refractivity contribution in [2.24, 2.45) is 0 Å². The molecule has 5 heteroatoms. The fourth-order valence-corrected chi connectivity index (χ4v) is 2.44. The Labute approximate surface area is 104 Å². The van der Waals surface area contributed by atoms with Gasteiger partial charge in [-0.05, 0) is 18.2 Å². The third-order valence-electron chi connectivity index (χ3n) is 2.45. The number of fused-ring (bicyclic) bond motifs is 1. The Morgan fingerprint density at radius 2 is 2.24 bits per heavy atom. The third kappa shape index (κ3) is 2.50. The van der Waals surface area contributed by atoms with E-state index in [2.05, 4.69) is 10.3 Å². The zero-order valence-electron chi connectivity index (χ0n) is 9.43. The van der Waals surface area contributed by atoms with Gasteiger partial charge in [-0.25, -0.2) is 0 Å². The van der Waals surface area contributed by atoms with Crippen LogP contribution in [0.1, 0.15) is 0 Å². The summed E-state index contributed by atoms with van der Waals surface area (Å²) < 4.78 is 0. The molecule has 0 fully saturated rings. The van der Waals surface area contributed by atoms with Crippen LogP contribution in [0, 0.1) is 0 Å². The Kier molecular flexibility index (Phi) is 3.49. The summed E-state index contributed by atoms with van der Waals surface area (Å²) in [7, 11) is 1.63. The van der Waals surface area contributed by atoms with E-state index in [1.54, 1.807) is 19.4 Å². The summed E-state index contributed by atoms with van der Waals surface area (Å²) >= 11 is 1.48. The summed E-state index contributed by atoms with van der Waals surface area (Å²) in [5.74, 6) is 0.397. The lowest BCUT2D eigenvalue weighted by Gasteiger charge is -2.07. The zero-order valence-corrected chi connectivity index (χ0v) is 10.3. The van der Waals surface area contributed by atoms with Crippen molar-refractivity contribution in [3.8, 4) is 0 Å². The van der Waals surface area contributed by atoms with Crippen LogP contribution in [0.25, 0.3) is 10.8 Å². The van der Waals surface area contributed by atoms with Crippen LogP contribution in [0.15, 0.2) is 35.5 Å². The molecule has 0 bridgehead atoms. The van der Waals surface area contributed by atoms with Gasteiger partial charge in [-0.2, -0.15) is 0 Å². The number of thioether (sulfide) groups is 1. The van der Waals surface area contributed by atoms with Gasteiger partial charge in [0.1, 0.15) is 0 Å². The standard InChI is InChI=1S/C12H13N3OS/c1-14-12(16)7-17-11-3-2-10(13)8-4-5-15-6-9(8)11/h2-6H,7,13H2,1H3,(H,14,16). The number of anilines is 1. The van der Waals surface area contributed by atoms with Crippen molar-refractivity contribution in [3.05, 3.63) is 30.6 Å². The van der Waals surface area contributed by atoms with Crippen LogP contribution in [-0.4, -0.2) is 23.7 Å². The molecule has 0 spiro atoms. The molecule has 0 atom stereocenters. The maximum Gasteiger partial charge on any atom is 0.230 e. The fraction of sp³-hybridized carbons (Fsp3) is 0.167. The minimum absolute atomic E-state index is 0.00358. The molecule has 1 heterocycles. The monoisotopic (exact) mass is 247 g/mol. The van der Waals surface area contributed by atoms with Crippen molar-refractivity contribution in [1.82, 2.24) is 10.3 Å². The Morgan fingerprint density at radius 1 is 1.41 bits per heavy atom. The van der Waals surface area contributed by atoms with E-state index in [-0.39, 0.29) is 5.91 Å². The molecular formula is C12H13N3OS. The third-order valence-corrected chi connectivity index (χ3v) is 3.52. The number of carbonyl (C=O) groups is 1. The van der Waals surface area contributed by atoms with Gasteiger partial charge in [-0.1, -0.05) is 0 Å². The van der Waals surface area contributed by atoms with Crippen molar-refractivity contribution in [1.29, 1.82) is 0 Å². The second-order valence-corrected chi connectivity index (χ2v) is 4.55. The quantitative estimate of drug-likeness (QED) is 0.639. The smallest absolute Gasteiger partial charge is 0.230 e. The molecule has 0 unspecified atom stereocenters. The maximum atomic E-state index is 11.2. The Hall–Kier alpha value is -1.75. The molecule has 2 aromatic rings. The van der Waals surface area contributed by atoms with Crippen LogP contribution >= 0.6 is 11.8 Å². The number of hydrogen-bond acceptors (Lipinski definition) is 4. The van der Waals surface area contributed by atoms with E-state index in [0.717, 1.165) is 21.4 Å². The largest absolute Gasteiger partial charge is 0.398 e. The first-order chi connectivity index (χ1) is 8.22. The molecule has 1 aromatic heterocycles. The summed E-state index contributed by atoms with van der Waals surface area (Å²) in [6.07, 6.45) is 3.49. The molecule has 2 rings (SSSR count). The minimum atomic E-state index is 0.00358. The molecule has 0 saturated carbocycles. The molecule has 0 aliphatic carbocycles. The highest BCUT2D eigenvalue weighted by molar-refractivity contribution is 8.00. The molecule has 4 nitrogen and oxygen atoms in total. The minimum Gasteiger partial charge on any atom is -0.398 e. The first-order valence-electron chi connectivity index (χ1n) is 5.18. The summed E-state index contributed by atoms with van der Waals surface area (Å²) in [5.41, 5.74) is 6.62. The van der Waals surface area contributed by atoms with Gasteiger partial charge in [-0.3, -0.25) is 9.78 Å². The van der Waals surface area contributed by atoms with Crippen molar-refractivity contribution in [2.45, 2.75) is 4.90 Å². The highest BCUT2D eigenvalue weighted by Crippen LogP contribution is 2.30. The second kappa shape index (κ2) is 5.05. The van der Waals surface area contributed by atoms with Gasteiger partial charge in [0.2, 0.25) is 5.91 Å². The molecule has 17 heavy (non-hydrogen) atoms. The fourth-order valence-electron chi connectivity index (χ4n) is 1.53. The van der Waals surface area contributed by atoms with E-state index in [1.807, 2.05) is 18.2 Å². The van der Waals surface area contributed by atoms with Crippen LogP contribution < -0.4 is 11.1 Å². The summed E-state index contributed by atoms with van der Waals surface area (Å²) in [4.78, 5) is 16.3. The lowest BCUT2D eigenvalue weighted by molar-refractivity contribution is -0.118. The SMILES string of the molecule is CNC(=O)CSc1ccc(N)c2ccncc12. The van der Waals surface area contributed by atoms with E-state index in [9.17, 15) is 4.79 Å². The van der Waals surface area contributed by atoms with Gasteiger partial charge in [0.25, 0.3) is 0 Å². The van der Waals surface area contributed by atoms with Gasteiger partial charge in [0.15, 0.2) is 0 Å². The van der Waals surface area contributed by atoms with Gasteiger partial charge in [-0.15, -0.1) is 11.8 Å². The normalized spacial score (nSPS) is 10.4. The van der Waals surface area contributed by atoms with E-state index in [4.69, 9.17) is 5.73 Å². The van der Waals surface area contributed by atoms with Crippen LogP contribution in [-0.2, 0) is 4.79 Å². The van der Waals surface area contributed by atoms with Crippen LogP contribution in [0.3, 0.4) is 0 Å². The van der Waals surface area contributed by atoms with Gasteiger partial charge >= 0.3 is 0 Å². The number of nitrogens with zero attached hydrogens (tertiary/aromatic N) is 1. The number of benzene rings is 1. The number of rotatable bonds is 3. The summed E-state index contributed by atoms with van der Waals surface area (Å²) in [6.45, 7) is 0. The molecule has 1 aromatic carbocycles. The number of nitrogen functional groups attached to an aromatic ring is 1. The van der Waals surface area contributed by atoms with Crippen LogP contribution in [0.4, 0.5) is 5.69 Å². The van der Waals surface area contributed by atoms with Crippen LogP contribution in [0.2, 0.25) is 0 Å². The average Bonchev–Trinajstić information content (AvgIpc) is 2.38. The molecule has 1 amide bonds. The van der Waals surface area contributed by atoms with E-state index >= 15 is 0 Å². The van der Waals surface area contributed by atoms with Gasteiger partial charge in [0, 0.05) is 40.8 Å². The first-order valence-corrected chi connectivity index (χ1v) is 6.16. The number of nitrogens with two attached hydrogens (primary N) is 1. The molecule has 88 valence electrons. The van der Waals surface area contributed by atoms with E-state index in [1.165, 1.54) is 11.8 Å². The number of pyridine rings is 1. The van der Waals surface area contributed by atoms with Crippen molar-refractivity contribution < 1.29 is 4.79 Å². The molecule has 0 aliphatic rings. The molecule has 3 N–H and O–H groups in total. The first kappa shape index (κ1) is 11.7. The average molecular weight is 247 g/mol. The Morgan fingerprint density at radius 3 is 3.00 bits per heavy atom. The van der Waals surface area contributed by atoms with Gasteiger partial charge < -0.3 is 11.1 Å². The van der Waals surface area contributed by atoms with E-state index < -0.39 is 0 Å². The summed E-state index contributed by atoms with van der Waals surface area (Å²) in [6, 6.07) is 5.66. The number of amides is 1. The molecular weight excluding hydrogens is 234 g/mol. The lowest BCUT2D eigenvalue weighted by atomic mass is 10.1. The second-order valence-electron chi connectivity index (χ2n) is 3.54. The van der Waals surface area contributed by atoms with Crippen molar-refractivity contribution in [3.63, 3.8) is 0 Å².